The summed E-state index contributed by atoms with van der Waals surface area (Å²) in [6, 6.07) is 7.82. The van der Waals surface area contributed by atoms with Gasteiger partial charge in [0.1, 0.15) is 16.5 Å². The van der Waals surface area contributed by atoms with Crippen LogP contribution in [-0.4, -0.2) is 27.8 Å². The molecule has 3 aromatic rings. The van der Waals surface area contributed by atoms with Gasteiger partial charge in [0.25, 0.3) is 5.91 Å². The number of halogens is 1. The molecule has 2 aromatic heterocycles. The van der Waals surface area contributed by atoms with Crippen molar-refractivity contribution in [2.24, 2.45) is 0 Å². The molecule has 1 aromatic carbocycles. The van der Waals surface area contributed by atoms with Gasteiger partial charge < -0.3 is 10.1 Å². The molecule has 2 heterocycles. The van der Waals surface area contributed by atoms with E-state index in [0.717, 1.165) is 11.3 Å². The van der Waals surface area contributed by atoms with Crippen LogP contribution in [0.4, 0.5) is 10.2 Å². The fourth-order valence-electron chi connectivity index (χ4n) is 2.45. The van der Waals surface area contributed by atoms with Gasteiger partial charge in [0, 0.05) is 22.2 Å². The Balaban J connectivity index is 1.69. The van der Waals surface area contributed by atoms with Crippen LogP contribution >= 0.6 is 11.3 Å². The lowest BCUT2D eigenvalue weighted by atomic mass is 10.2. The lowest BCUT2D eigenvalue weighted by Gasteiger charge is -2.15. The molecule has 0 radical (unpaired) electrons. The average molecular weight is 375 g/mol. The van der Waals surface area contributed by atoms with Gasteiger partial charge in [0.15, 0.2) is 6.10 Å². The summed E-state index contributed by atoms with van der Waals surface area (Å²) in [7, 11) is 0. The fourth-order valence-corrected chi connectivity index (χ4v) is 3.41. The third-order valence-corrected chi connectivity index (χ3v) is 4.85. The molecule has 0 aliphatic heterocycles. The van der Waals surface area contributed by atoms with E-state index in [-0.39, 0.29) is 10.9 Å². The minimum absolute atomic E-state index is 0.0756. The van der Waals surface area contributed by atoms with Crippen LogP contribution in [0, 0.1) is 5.82 Å². The molecule has 136 valence electrons. The number of anilines is 1. The lowest BCUT2D eigenvalue weighted by molar-refractivity contribution is -0.123. The van der Waals surface area contributed by atoms with Crippen molar-refractivity contribution in [3.05, 3.63) is 47.2 Å². The molecular formula is C18H18FN3O3S. The largest absolute Gasteiger partial charge is 0.448 e. The highest BCUT2D eigenvalue weighted by Gasteiger charge is 2.22. The molecule has 0 spiro atoms. The topological polar surface area (TPSA) is 73.2 Å². The van der Waals surface area contributed by atoms with E-state index in [1.54, 1.807) is 29.1 Å². The minimum Gasteiger partial charge on any atom is -0.448 e. The van der Waals surface area contributed by atoms with E-state index in [0.29, 0.717) is 15.9 Å². The number of nitrogens with zero attached hydrogens (tertiary/aromatic N) is 2. The van der Waals surface area contributed by atoms with Crippen LogP contribution in [0.3, 0.4) is 0 Å². The van der Waals surface area contributed by atoms with E-state index in [9.17, 15) is 14.0 Å². The van der Waals surface area contributed by atoms with Gasteiger partial charge in [-0.2, -0.15) is 5.10 Å². The maximum absolute atomic E-state index is 13.8. The molecule has 1 atom stereocenters. The summed E-state index contributed by atoms with van der Waals surface area (Å²) in [6.45, 7) is 5.36. The number of rotatable bonds is 5. The number of carbonyl (C=O) groups excluding carboxylic acids is 2. The smallest absolute Gasteiger partial charge is 0.349 e. The zero-order chi connectivity index (χ0) is 18.8. The van der Waals surface area contributed by atoms with Crippen LogP contribution in [-0.2, 0) is 9.53 Å². The predicted molar refractivity (Wildman–Crippen MR) is 97.9 cm³/mol. The summed E-state index contributed by atoms with van der Waals surface area (Å²) in [6.07, 6.45) is 0.575. The first-order valence-corrected chi connectivity index (χ1v) is 8.92. The van der Waals surface area contributed by atoms with Crippen molar-refractivity contribution in [1.82, 2.24) is 9.78 Å². The molecule has 3 rings (SSSR count). The van der Waals surface area contributed by atoms with E-state index in [1.165, 1.54) is 19.1 Å². The number of ether oxygens (including phenoxy) is 1. The van der Waals surface area contributed by atoms with Gasteiger partial charge >= 0.3 is 5.97 Å². The highest BCUT2D eigenvalue weighted by atomic mass is 32.1. The van der Waals surface area contributed by atoms with Crippen LogP contribution in [0.1, 0.15) is 36.5 Å². The van der Waals surface area contributed by atoms with Gasteiger partial charge in [-0.05, 0) is 39.0 Å². The highest BCUT2D eigenvalue weighted by Crippen LogP contribution is 2.28. The van der Waals surface area contributed by atoms with Crippen LogP contribution in [0.5, 0.6) is 0 Å². The molecule has 0 bridgehead atoms. The zero-order valence-corrected chi connectivity index (χ0v) is 15.3. The second kappa shape index (κ2) is 7.25. The van der Waals surface area contributed by atoms with Gasteiger partial charge in [-0.15, -0.1) is 11.3 Å². The zero-order valence-electron chi connectivity index (χ0n) is 14.5. The van der Waals surface area contributed by atoms with Gasteiger partial charge in [0.05, 0.1) is 6.20 Å². The number of thiophene rings is 1. The third kappa shape index (κ3) is 3.60. The van der Waals surface area contributed by atoms with Crippen molar-refractivity contribution in [1.29, 1.82) is 0 Å². The molecule has 0 unspecified atom stereocenters. The number of hydrogen-bond donors (Lipinski definition) is 1. The summed E-state index contributed by atoms with van der Waals surface area (Å²) in [4.78, 5) is 24.8. The van der Waals surface area contributed by atoms with Crippen molar-refractivity contribution in [2.75, 3.05) is 5.32 Å². The quantitative estimate of drug-likeness (QED) is 0.684. The van der Waals surface area contributed by atoms with Gasteiger partial charge in [-0.3, -0.25) is 4.79 Å². The van der Waals surface area contributed by atoms with Gasteiger partial charge in [0.2, 0.25) is 0 Å². The van der Waals surface area contributed by atoms with Crippen molar-refractivity contribution in [3.8, 4) is 0 Å². The van der Waals surface area contributed by atoms with Gasteiger partial charge in [-0.25, -0.2) is 13.9 Å². The molecule has 6 nitrogen and oxygen atoms in total. The van der Waals surface area contributed by atoms with Gasteiger partial charge in [-0.1, -0.05) is 6.07 Å². The van der Waals surface area contributed by atoms with Crippen molar-refractivity contribution >= 4 is 39.1 Å². The van der Waals surface area contributed by atoms with E-state index < -0.39 is 23.8 Å². The van der Waals surface area contributed by atoms with Crippen LogP contribution < -0.4 is 5.32 Å². The highest BCUT2D eigenvalue weighted by molar-refractivity contribution is 7.20. The number of aromatic nitrogens is 2. The maximum Gasteiger partial charge on any atom is 0.349 e. The molecule has 0 aliphatic rings. The van der Waals surface area contributed by atoms with E-state index in [1.807, 2.05) is 13.8 Å². The standard InChI is InChI=1S/C18H18FN3O3S/c1-10(2)22-16(7-8-20-22)21-17(23)11(3)25-18(24)15-9-12-13(19)5-4-6-14(12)26-15/h4-11H,1-3H3,(H,21,23)/t11-/m0/s1. The predicted octanol–water partition coefficient (Wildman–Crippen LogP) is 4.00. The Kier molecular flexibility index (Phi) is 5.03. The fraction of sp³-hybridized carbons (Fsp3) is 0.278. The molecule has 1 amide bonds. The Morgan fingerprint density at radius 2 is 2.04 bits per heavy atom. The summed E-state index contributed by atoms with van der Waals surface area (Å²) < 4.78 is 21.3. The minimum atomic E-state index is -1.01. The Hall–Kier alpha value is -2.74. The number of benzene rings is 1. The molecule has 0 saturated heterocycles. The second-order valence-electron chi connectivity index (χ2n) is 6.05. The number of esters is 1. The number of hydrogen-bond acceptors (Lipinski definition) is 5. The third-order valence-electron chi connectivity index (χ3n) is 3.77. The lowest BCUT2D eigenvalue weighted by Crippen LogP contribution is -2.30. The van der Waals surface area contributed by atoms with E-state index >= 15 is 0 Å². The average Bonchev–Trinajstić information content (AvgIpc) is 3.22. The van der Waals surface area contributed by atoms with E-state index in [4.69, 9.17) is 4.74 Å². The second-order valence-corrected chi connectivity index (χ2v) is 7.14. The number of fused-ring (bicyclic) bond motifs is 1. The number of nitrogens with one attached hydrogen (secondary N) is 1. The molecule has 1 N–H and O–H groups in total. The van der Waals surface area contributed by atoms with Crippen LogP contribution in [0.2, 0.25) is 0 Å². The molecule has 8 heteroatoms. The Labute approximate surface area is 153 Å². The molecule has 0 saturated carbocycles. The summed E-state index contributed by atoms with van der Waals surface area (Å²) >= 11 is 1.12. The summed E-state index contributed by atoms with van der Waals surface area (Å²) in [5.41, 5.74) is 0. The van der Waals surface area contributed by atoms with Crippen LogP contribution in [0.25, 0.3) is 10.1 Å². The first-order valence-electron chi connectivity index (χ1n) is 8.10. The summed E-state index contributed by atoms with van der Waals surface area (Å²) in [5, 5.41) is 7.18. The number of carbonyl (C=O) groups is 2. The van der Waals surface area contributed by atoms with E-state index in [2.05, 4.69) is 10.4 Å². The summed E-state index contributed by atoms with van der Waals surface area (Å²) in [5.74, 6) is -0.999. The Morgan fingerprint density at radius 3 is 2.73 bits per heavy atom. The molecule has 0 fully saturated rings. The Morgan fingerprint density at radius 1 is 1.27 bits per heavy atom. The Bertz CT molecular complexity index is 964. The van der Waals surface area contributed by atoms with Crippen LogP contribution in [0.15, 0.2) is 36.5 Å². The SMILES string of the molecule is CC(C)n1nccc1NC(=O)[C@H](C)OC(=O)c1cc2c(F)cccc2s1. The van der Waals surface area contributed by atoms with Crippen molar-refractivity contribution in [3.63, 3.8) is 0 Å². The first kappa shape index (κ1) is 18.1. The molecule has 0 aliphatic carbocycles. The normalized spacial score (nSPS) is 12.3. The maximum atomic E-state index is 13.8. The first-order chi connectivity index (χ1) is 12.4. The van der Waals surface area contributed by atoms with Crippen molar-refractivity contribution in [2.45, 2.75) is 32.9 Å². The molecular weight excluding hydrogens is 357 g/mol. The number of amides is 1. The monoisotopic (exact) mass is 375 g/mol. The van der Waals surface area contributed by atoms with Crippen molar-refractivity contribution < 1.29 is 18.7 Å². The molecule has 26 heavy (non-hydrogen) atoms.